The van der Waals surface area contributed by atoms with Crippen LogP contribution in [0.25, 0.3) is 0 Å². The Hall–Kier alpha value is 0.160. The summed E-state index contributed by atoms with van der Waals surface area (Å²) in [5, 5.41) is 0. The van der Waals surface area contributed by atoms with Crippen molar-refractivity contribution in [3.05, 3.63) is 71.8 Å². The van der Waals surface area contributed by atoms with E-state index in [2.05, 4.69) is 95.3 Å². The average Bonchev–Trinajstić information content (AvgIpc) is 3.88. The van der Waals surface area contributed by atoms with Gasteiger partial charge in [0.1, 0.15) is 0 Å². The third kappa shape index (κ3) is 7.52. The van der Waals surface area contributed by atoms with Gasteiger partial charge in [-0.05, 0) is 146 Å². The molecule has 0 N–H and O–H groups in total. The Labute approximate surface area is 283 Å². The van der Waals surface area contributed by atoms with E-state index in [4.69, 9.17) is 0 Å². The molecule has 2 aromatic carbocycles. The van der Waals surface area contributed by atoms with Gasteiger partial charge in [0.25, 0.3) is 0 Å². The summed E-state index contributed by atoms with van der Waals surface area (Å²) in [5.41, 5.74) is 10.2. The molecular formula is C41H64P4. The molecule has 4 fully saturated rings. The largest absolute Gasteiger partial charge is 0.103 e. The van der Waals surface area contributed by atoms with Gasteiger partial charge in [0.15, 0.2) is 0 Å². The predicted molar refractivity (Wildman–Crippen MR) is 211 cm³/mol. The van der Waals surface area contributed by atoms with Gasteiger partial charge >= 0.3 is 0 Å². The van der Waals surface area contributed by atoms with E-state index in [0.717, 1.165) is 51.4 Å². The molecule has 2 aromatic rings. The highest BCUT2D eigenvalue weighted by Gasteiger charge is 2.53. The molecule has 4 saturated heterocycles. The van der Waals surface area contributed by atoms with Crippen LogP contribution in [0.4, 0.5) is 0 Å². The molecule has 45 heavy (non-hydrogen) atoms. The van der Waals surface area contributed by atoms with Crippen LogP contribution >= 0.6 is 31.7 Å². The Bertz CT molecular complexity index is 1150. The molecule has 6 rings (SSSR count). The minimum Gasteiger partial charge on any atom is -0.103 e. The Kier molecular flexibility index (Phi) is 13.0. The normalized spacial score (nSPS) is 40.0. The van der Waals surface area contributed by atoms with Gasteiger partial charge in [-0.2, -0.15) is 0 Å². The van der Waals surface area contributed by atoms with Crippen molar-refractivity contribution < 1.29 is 0 Å². The molecule has 0 aliphatic carbocycles. The SMILES string of the molecule is CC[C@@H]1CCCP1CCP1[C@H](CC)CC(C2C[C@@H](CC)P(CP3[C@H](CC)CC[C@H]3c3ccccc3)[C@@H]2c2ccccc2)[C@H]1CC. The van der Waals surface area contributed by atoms with Gasteiger partial charge in [-0.3, -0.25) is 0 Å². The van der Waals surface area contributed by atoms with Crippen LogP contribution in [0.3, 0.4) is 0 Å². The summed E-state index contributed by atoms with van der Waals surface area (Å²) in [6.45, 7) is 12.7. The Balaban J connectivity index is 1.28. The summed E-state index contributed by atoms with van der Waals surface area (Å²) < 4.78 is 0. The van der Waals surface area contributed by atoms with Crippen molar-refractivity contribution in [2.24, 2.45) is 11.8 Å². The Morgan fingerprint density at radius 1 is 0.556 bits per heavy atom. The zero-order chi connectivity index (χ0) is 31.3. The van der Waals surface area contributed by atoms with E-state index < -0.39 is 0 Å². The number of hydrogen-bond acceptors (Lipinski definition) is 0. The van der Waals surface area contributed by atoms with E-state index in [1.807, 2.05) is 0 Å². The first-order valence-electron chi connectivity index (χ1n) is 19.2. The van der Waals surface area contributed by atoms with Crippen LogP contribution in [0.2, 0.25) is 0 Å². The zero-order valence-corrected chi connectivity index (χ0v) is 32.9. The molecule has 0 nitrogen and oxygen atoms in total. The van der Waals surface area contributed by atoms with Crippen LogP contribution in [0, 0.1) is 11.8 Å². The van der Waals surface area contributed by atoms with Gasteiger partial charge in [0.05, 0.1) is 0 Å². The molecule has 0 spiro atoms. The van der Waals surface area contributed by atoms with Crippen LogP contribution in [-0.4, -0.2) is 52.7 Å². The molecule has 6 unspecified atom stereocenters. The van der Waals surface area contributed by atoms with Gasteiger partial charge in [0, 0.05) is 11.3 Å². The highest BCUT2D eigenvalue weighted by Crippen LogP contribution is 2.79. The van der Waals surface area contributed by atoms with Gasteiger partial charge < -0.3 is 0 Å². The first kappa shape index (κ1) is 35.0. The average molecular weight is 681 g/mol. The van der Waals surface area contributed by atoms with E-state index >= 15 is 0 Å². The van der Waals surface area contributed by atoms with E-state index in [1.165, 1.54) is 51.4 Å². The molecule has 0 amide bonds. The zero-order valence-electron chi connectivity index (χ0n) is 29.4. The first-order valence-corrected chi connectivity index (χ1v) is 26.0. The monoisotopic (exact) mass is 680 g/mol. The van der Waals surface area contributed by atoms with Crippen LogP contribution in [0.1, 0.15) is 128 Å². The highest BCUT2D eigenvalue weighted by molar-refractivity contribution is 7.76. The van der Waals surface area contributed by atoms with Crippen molar-refractivity contribution in [3.8, 4) is 0 Å². The summed E-state index contributed by atoms with van der Waals surface area (Å²) in [6.07, 6.45) is 21.1. The van der Waals surface area contributed by atoms with Crippen LogP contribution in [0.15, 0.2) is 60.7 Å². The van der Waals surface area contributed by atoms with Crippen molar-refractivity contribution in [2.45, 2.75) is 145 Å². The molecule has 0 radical (unpaired) electrons. The molecule has 4 aliphatic rings. The smallest absolute Gasteiger partial charge is 0.00788 e. The van der Waals surface area contributed by atoms with Crippen LogP contribution in [0.5, 0.6) is 0 Å². The number of benzene rings is 2. The molecule has 4 heterocycles. The van der Waals surface area contributed by atoms with Gasteiger partial charge in [-0.1, -0.05) is 119 Å². The summed E-state index contributed by atoms with van der Waals surface area (Å²) in [4.78, 5) is 0. The lowest BCUT2D eigenvalue weighted by atomic mass is 9.78. The molecule has 13 atom stereocenters. The van der Waals surface area contributed by atoms with Gasteiger partial charge in [-0.25, -0.2) is 0 Å². The summed E-state index contributed by atoms with van der Waals surface area (Å²) >= 11 is 0. The first-order chi connectivity index (χ1) is 22.1. The molecular weight excluding hydrogens is 616 g/mol. The molecule has 0 aromatic heterocycles. The van der Waals surface area contributed by atoms with Crippen molar-refractivity contribution in [1.29, 1.82) is 0 Å². The quantitative estimate of drug-likeness (QED) is 0.185. The molecule has 0 saturated carbocycles. The van der Waals surface area contributed by atoms with E-state index in [9.17, 15) is 0 Å². The van der Waals surface area contributed by atoms with E-state index in [-0.39, 0.29) is 23.8 Å². The van der Waals surface area contributed by atoms with E-state index in [1.54, 1.807) is 54.8 Å². The third-order valence-corrected chi connectivity index (χ3v) is 29.0. The molecule has 4 heteroatoms. The second kappa shape index (κ2) is 16.7. The second-order valence-corrected chi connectivity index (χ2v) is 26.5. The number of rotatable bonds is 13. The summed E-state index contributed by atoms with van der Waals surface area (Å²) in [6, 6.07) is 24.0. The predicted octanol–water partition coefficient (Wildman–Crippen LogP) is 13.9. The molecule has 4 aliphatic heterocycles. The topological polar surface area (TPSA) is 0 Å². The maximum atomic E-state index is 2.60. The van der Waals surface area contributed by atoms with Gasteiger partial charge in [-0.15, -0.1) is 7.92 Å². The van der Waals surface area contributed by atoms with E-state index in [0.29, 0.717) is 7.92 Å². The summed E-state index contributed by atoms with van der Waals surface area (Å²) in [7, 11) is 0.540. The fraction of sp³-hybridized carbons (Fsp3) is 0.707. The minimum atomic E-state index is -0.00528. The van der Waals surface area contributed by atoms with Crippen LogP contribution in [-0.2, 0) is 0 Å². The maximum absolute atomic E-state index is 2.60. The molecule has 0 bridgehead atoms. The Morgan fingerprint density at radius 2 is 1.18 bits per heavy atom. The minimum absolute atomic E-state index is 0.00528. The summed E-state index contributed by atoms with van der Waals surface area (Å²) in [5.74, 6) is 3.51. The second-order valence-electron chi connectivity index (χ2n) is 15.0. The van der Waals surface area contributed by atoms with Crippen molar-refractivity contribution >= 4 is 31.7 Å². The highest BCUT2D eigenvalue weighted by atomic mass is 31.2. The fourth-order valence-electron chi connectivity index (χ4n) is 10.7. The van der Waals surface area contributed by atoms with Crippen molar-refractivity contribution in [3.63, 3.8) is 0 Å². The van der Waals surface area contributed by atoms with Crippen LogP contribution < -0.4 is 0 Å². The maximum Gasteiger partial charge on any atom is 0.00788 e. The number of hydrogen-bond donors (Lipinski definition) is 0. The van der Waals surface area contributed by atoms with Crippen molar-refractivity contribution in [2.75, 3.05) is 24.4 Å². The standard InChI is InChI=1S/C41H64P4/c1-6-33-22-17-25-42(33)26-27-43-35(8-3)28-37(39(43)10-5)38-29-36(9-4)45(41(38)32-20-15-12-16-21-32)30-44-34(7-2)23-24-40(44)31-18-13-11-14-19-31/h11-16,18-21,33-41H,6-10,17,22-30H2,1-5H3/t33-,34-,35-,36-,37?,38?,39-,40+,41-,42?,43?,44?,45?/m1/s1. The van der Waals surface area contributed by atoms with Crippen molar-refractivity contribution in [1.82, 2.24) is 0 Å². The molecule has 248 valence electrons. The van der Waals surface area contributed by atoms with Gasteiger partial charge in [0.2, 0.25) is 0 Å². The third-order valence-electron chi connectivity index (χ3n) is 13.0. The Morgan fingerprint density at radius 3 is 1.82 bits per heavy atom. The lowest BCUT2D eigenvalue weighted by Gasteiger charge is -2.37. The fourth-order valence-corrected chi connectivity index (χ4v) is 29.0. The lowest BCUT2D eigenvalue weighted by molar-refractivity contribution is 0.298. The lowest BCUT2D eigenvalue weighted by Crippen LogP contribution is -2.25.